The molecule has 2 rings (SSSR count). The zero-order chi connectivity index (χ0) is 13.3. The Morgan fingerprint density at radius 1 is 1.44 bits per heavy atom. The lowest BCUT2D eigenvalue weighted by molar-refractivity contribution is 0.0603. The molecule has 1 aromatic rings. The van der Waals surface area contributed by atoms with Crippen molar-refractivity contribution >= 4 is 33.9 Å². The van der Waals surface area contributed by atoms with Gasteiger partial charge in [-0.25, -0.2) is 4.79 Å². The minimum absolute atomic E-state index is 0.175. The van der Waals surface area contributed by atoms with Gasteiger partial charge in [-0.15, -0.1) is 11.3 Å². The monoisotopic (exact) mass is 269 g/mol. The number of carbonyl (C=O) groups excluding carboxylic acids is 2. The Hall–Kier alpha value is -1.76. The summed E-state index contributed by atoms with van der Waals surface area (Å²) in [6, 6.07) is 0.365. The molecule has 1 aliphatic carbocycles. The second-order valence-electron chi connectivity index (χ2n) is 4.04. The number of esters is 1. The van der Waals surface area contributed by atoms with Crippen LogP contribution in [0.2, 0.25) is 0 Å². The van der Waals surface area contributed by atoms with Gasteiger partial charge in [0.15, 0.2) is 0 Å². The summed E-state index contributed by atoms with van der Waals surface area (Å²) in [4.78, 5) is 23.7. The minimum atomic E-state index is -0.526. The third kappa shape index (κ3) is 2.26. The Morgan fingerprint density at radius 2 is 2.11 bits per heavy atom. The van der Waals surface area contributed by atoms with Crippen LogP contribution in [0.5, 0.6) is 0 Å². The Kier molecular flexibility index (Phi) is 3.42. The summed E-state index contributed by atoms with van der Waals surface area (Å²) in [6.45, 7) is 0. The Bertz CT molecular complexity index is 494. The highest BCUT2D eigenvalue weighted by molar-refractivity contribution is 7.19. The average molecular weight is 269 g/mol. The van der Waals surface area contributed by atoms with E-state index in [1.165, 1.54) is 25.5 Å². The molecular weight excluding hydrogens is 254 g/mol. The molecule has 0 bridgehead atoms. The SMILES string of the molecule is CNC(=O)c1sc(NC2CC2)c(C(=O)OC)c1N. The molecule has 98 valence electrons. The summed E-state index contributed by atoms with van der Waals surface area (Å²) in [7, 11) is 2.81. The fourth-order valence-electron chi connectivity index (χ4n) is 1.55. The van der Waals surface area contributed by atoms with Crippen LogP contribution in [0.3, 0.4) is 0 Å². The molecule has 0 unspecified atom stereocenters. The first-order valence-electron chi connectivity index (χ1n) is 5.57. The topological polar surface area (TPSA) is 93.5 Å². The molecule has 0 spiro atoms. The number of methoxy groups -OCH3 is 1. The molecule has 7 heteroatoms. The number of hydrogen-bond acceptors (Lipinski definition) is 6. The van der Waals surface area contributed by atoms with Gasteiger partial charge in [0, 0.05) is 13.1 Å². The molecular formula is C11H15N3O3S. The standard InChI is InChI=1S/C11H15N3O3S/c1-13-9(15)8-7(12)6(11(16)17-2)10(18-8)14-5-3-4-5/h5,14H,3-4,12H2,1-2H3,(H,13,15). The fraction of sp³-hybridized carbons (Fsp3) is 0.455. The summed E-state index contributed by atoms with van der Waals surface area (Å²) in [5.74, 6) is -0.825. The highest BCUT2D eigenvalue weighted by Gasteiger charge is 2.29. The molecule has 0 radical (unpaired) electrons. The van der Waals surface area contributed by atoms with E-state index in [0.717, 1.165) is 12.8 Å². The van der Waals surface area contributed by atoms with Crippen molar-refractivity contribution in [2.75, 3.05) is 25.2 Å². The van der Waals surface area contributed by atoms with Crippen molar-refractivity contribution in [1.82, 2.24) is 5.32 Å². The van der Waals surface area contributed by atoms with Gasteiger partial charge in [0.2, 0.25) is 0 Å². The van der Waals surface area contributed by atoms with Gasteiger partial charge in [-0.1, -0.05) is 0 Å². The molecule has 0 aliphatic heterocycles. The van der Waals surface area contributed by atoms with Crippen molar-refractivity contribution in [2.24, 2.45) is 0 Å². The molecule has 1 heterocycles. The van der Waals surface area contributed by atoms with E-state index in [1.54, 1.807) is 0 Å². The molecule has 1 aromatic heterocycles. The second-order valence-corrected chi connectivity index (χ2v) is 5.06. The van der Waals surface area contributed by atoms with Crippen LogP contribution in [0.4, 0.5) is 10.7 Å². The van der Waals surface area contributed by atoms with Crippen LogP contribution >= 0.6 is 11.3 Å². The van der Waals surface area contributed by atoms with Crippen LogP contribution in [-0.2, 0) is 4.74 Å². The average Bonchev–Trinajstić information content (AvgIpc) is 3.12. The third-order valence-electron chi connectivity index (χ3n) is 2.68. The van der Waals surface area contributed by atoms with Gasteiger partial charge in [0.25, 0.3) is 5.91 Å². The van der Waals surface area contributed by atoms with Gasteiger partial charge < -0.3 is 21.1 Å². The lowest BCUT2D eigenvalue weighted by Gasteiger charge is -2.04. The number of anilines is 2. The van der Waals surface area contributed by atoms with Gasteiger partial charge >= 0.3 is 5.97 Å². The summed E-state index contributed by atoms with van der Waals surface area (Å²) >= 11 is 1.18. The van der Waals surface area contributed by atoms with Crippen LogP contribution in [0.1, 0.15) is 32.9 Å². The van der Waals surface area contributed by atoms with Crippen molar-refractivity contribution < 1.29 is 14.3 Å². The van der Waals surface area contributed by atoms with Crippen molar-refractivity contribution in [3.63, 3.8) is 0 Å². The predicted molar refractivity (Wildman–Crippen MR) is 70.1 cm³/mol. The maximum Gasteiger partial charge on any atom is 0.343 e. The summed E-state index contributed by atoms with van der Waals surface area (Å²) < 4.78 is 4.70. The molecule has 4 N–H and O–H groups in total. The molecule has 0 aromatic carbocycles. The Labute approximate surface area is 108 Å². The van der Waals surface area contributed by atoms with Crippen LogP contribution in [0.15, 0.2) is 0 Å². The number of ether oxygens (including phenoxy) is 1. The molecule has 1 fully saturated rings. The zero-order valence-electron chi connectivity index (χ0n) is 10.2. The molecule has 0 atom stereocenters. The van der Waals surface area contributed by atoms with E-state index < -0.39 is 5.97 Å². The van der Waals surface area contributed by atoms with Gasteiger partial charge in [-0.05, 0) is 12.8 Å². The van der Waals surface area contributed by atoms with Gasteiger partial charge in [0.1, 0.15) is 15.4 Å². The van der Waals surface area contributed by atoms with Gasteiger partial charge in [-0.2, -0.15) is 0 Å². The van der Waals surface area contributed by atoms with Crippen molar-refractivity contribution in [3.05, 3.63) is 10.4 Å². The number of nitrogens with one attached hydrogen (secondary N) is 2. The van der Waals surface area contributed by atoms with Crippen LogP contribution < -0.4 is 16.4 Å². The number of amides is 1. The number of rotatable bonds is 4. The molecule has 1 saturated carbocycles. The quantitative estimate of drug-likeness (QED) is 0.710. The lowest BCUT2D eigenvalue weighted by Crippen LogP contribution is -2.18. The minimum Gasteiger partial charge on any atom is -0.465 e. The molecule has 18 heavy (non-hydrogen) atoms. The van der Waals surface area contributed by atoms with E-state index in [4.69, 9.17) is 10.5 Å². The van der Waals surface area contributed by atoms with Gasteiger partial charge in [-0.3, -0.25) is 4.79 Å². The van der Waals surface area contributed by atoms with E-state index in [9.17, 15) is 9.59 Å². The van der Waals surface area contributed by atoms with E-state index in [-0.39, 0.29) is 17.2 Å². The fourth-order valence-corrected chi connectivity index (χ4v) is 2.68. The maximum absolute atomic E-state index is 11.7. The van der Waals surface area contributed by atoms with Crippen LogP contribution in [-0.4, -0.2) is 32.1 Å². The highest BCUT2D eigenvalue weighted by atomic mass is 32.1. The van der Waals surface area contributed by atoms with Crippen molar-refractivity contribution in [1.29, 1.82) is 0 Å². The molecule has 1 amide bonds. The Balaban J connectivity index is 2.41. The number of nitrogens with two attached hydrogens (primary N) is 1. The second kappa shape index (κ2) is 4.85. The maximum atomic E-state index is 11.7. The number of thiophene rings is 1. The number of nitrogen functional groups attached to an aromatic ring is 1. The van der Waals surface area contributed by atoms with Crippen molar-refractivity contribution in [2.45, 2.75) is 18.9 Å². The summed E-state index contributed by atoms with van der Waals surface area (Å²) in [6.07, 6.45) is 2.13. The highest BCUT2D eigenvalue weighted by Crippen LogP contribution is 2.38. The summed E-state index contributed by atoms with van der Waals surface area (Å²) in [5, 5.41) is 6.31. The van der Waals surface area contributed by atoms with Gasteiger partial charge in [0.05, 0.1) is 12.8 Å². The zero-order valence-corrected chi connectivity index (χ0v) is 11.0. The van der Waals surface area contributed by atoms with Crippen LogP contribution in [0.25, 0.3) is 0 Å². The normalized spacial score (nSPS) is 14.1. The lowest BCUT2D eigenvalue weighted by atomic mass is 10.2. The number of carbonyl (C=O) groups is 2. The smallest absolute Gasteiger partial charge is 0.343 e. The van der Waals surface area contributed by atoms with E-state index in [1.807, 2.05) is 0 Å². The van der Waals surface area contributed by atoms with E-state index in [2.05, 4.69) is 10.6 Å². The molecule has 0 saturated heterocycles. The third-order valence-corrected chi connectivity index (χ3v) is 3.82. The largest absolute Gasteiger partial charge is 0.465 e. The van der Waals surface area contributed by atoms with Crippen molar-refractivity contribution in [3.8, 4) is 0 Å². The molecule has 1 aliphatic rings. The first-order chi connectivity index (χ1) is 8.58. The molecule has 6 nitrogen and oxygen atoms in total. The van der Waals surface area contributed by atoms with E-state index in [0.29, 0.717) is 15.9 Å². The van der Waals surface area contributed by atoms with E-state index >= 15 is 0 Å². The first kappa shape index (κ1) is 12.7. The summed E-state index contributed by atoms with van der Waals surface area (Å²) in [5.41, 5.74) is 6.29. The number of hydrogen-bond donors (Lipinski definition) is 3. The van der Waals surface area contributed by atoms with Crippen LogP contribution in [0, 0.1) is 0 Å². The first-order valence-corrected chi connectivity index (χ1v) is 6.39. The predicted octanol–water partition coefficient (Wildman–Crippen LogP) is 1.05. The Morgan fingerprint density at radius 3 is 2.61 bits per heavy atom.